The molecule has 0 spiro atoms. The molecule has 2 aromatic rings. The molecule has 0 bridgehead atoms. The highest BCUT2D eigenvalue weighted by Crippen LogP contribution is 2.24. The van der Waals surface area contributed by atoms with Gasteiger partial charge in [-0.15, -0.1) is 11.3 Å². The molecule has 1 aromatic carbocycles. The van der Waals surface area contributed by atoms with E-state index in [1.54, 1.807) is 11.3 Å². The molecule has 1 aliphatic rings. The van der Waals surface area contributed by atoms with Crippen molar-refractivity contribution < 1.29 is 9.13 Å². The Kier molecular flexibility index (Phi) is 8.40. The number of rotatable bonds is 7. The van der Waals surface area contributed by atoms with Crippen LogP contribution in [0.15, 0.2) is 34.6 Å². The Hall–Kier alpha value is -2.03. The van der Waals surface area contributed by atoms with Gasteiger partial charge in [0.15, 0.2) is 5.96 Å². The lowest BCUT2D eigenvalue weighted by atomic mass is 9.93. The van der Waals surface area contributed by atoms with Gasteiger partial charge in [0, 0.05) is 37.0 Å². The van der Waals surface area contributed by atoms with E-state index in [1.807, 2.05) is 12.1 Å². The van der Waals surface area contributed by atoms with Crippen LogP contribution in [-0.2, 0) is 16.7 Å². The van der Waals surface area contributed by atoms with Crippen LogP contribution < -0.4 is 10.6 Å². The Morgan fingerprint density at radius 3 is 2.55 bits per heavy atom. The zero-order chi connectivity index (χ0) is 22.3. The maximum Gasteiger partial charge on any atom is 0.191 e. The van der Waals surface area contributed by atoms with Gasteiger partial charge in [-0.05, 0) is 24.6 Å². The second-order valence-corrected chi connectivity index (χ2v) is 9.61. The van der Waals surface area contributed by atoms with Crippen molar-refractivity contribution in [3.05, 3.63) is 51.7 Å². The zero-order valence-electron chi connectivity index (χ0n) is 18.9. The second kappa shape index (κ2) is 11.0. The average Bonchev–Trinajstić information content (AvgIpc) is 3.24. The smallest absolute Gasteiger partial charge is 0.191 e. The normalized spacial score (nSPS) is 16.9. The average molecular weight is 448 g/mol. The highest BCUT2D eigenvalue weighted by molar-refractivity contribution is 7.09. The summed E-state index contributed by atoms with van der Waals surface area (Å²) in [6.45, 7) is 13.7. The molecule has 2 heterocycles. The lowest BCUT2D eigenvalue weighted by Gasteiger charge is -2.35. The summed E-state index contributed by atoms with van der Waals surface area (Å²) in [7, 11) is 0. The molecule has 2 N–H and O–H groups in total. The molecule has 1 saturated heterocycles. The number of nitrogens with one attached hydrogen (secondary N) is 2. The molecule has 0 saturated carbocycles. The molecule has 0 aliphatic carbocycles. The highest BCUT2D eigenvalue weighted by Gasteiger charge is 2.23. The molecular weight excluding hydrogens is 413 g/mol. The number of aliphatic imine (C=N–C) groups is 1. The van der Waals surface area contributed by atoms with Gasteiger partial charge in [0.1, 0.15) is 10.8 Å². The zero-order valence-corrected chi connectivity index (χ0v) is 19.8. The van der Waals surface area contributed by atoms with Gasteiger partial charge in [-0.2, -0.15) is 0 Å². The molecule has 3 rings (SSSR count). The molecule has 1 unspecified atom stereocenters. The van der Waals surface area contributed by atoms with Crippen LogP contribution in [0.3, 0.4) is 0 Å². The first-order chi connectivity index (χ1) is 14.9. The Balaban J connectivity index is 1.69. The fraction of sp³-hybridized carbons (Fsp3) is 0.565. The summed E-state index contributed by atoms with van der Waals surface area (Å²) in [4.78, 5) is 11.9. The monoisotopic (exact) mass is 447 g/mol. The van der Waals surface area contributed by atoms with Gasteiger partial charge in [-0.3, -0.25) is 4.90 Å². The first kappa shape index (κ1) is 23.6. The fourth-order valence-corrected chi connectivity index (χ4v) is 4.39. The van der Waals surface area contributed by atoms with Crippen LogP contribution >= 0.6 is 11.3 Å². The minimum atomic E-state index is -0.217. The Labute approximate surface area is 188 Å². The van der Waals surface area contributed by atoms with Crippen LogP contribution in [0, 0.1) is 5.82 Å². The summed E-state index contributed by atoms with van der Waals surface area (Å²) in [5, 5.41) is 9.92. The van der Waals surface area contributed by atoms with Crippen LogP contribution in [0.1, 0.15) is 50.0 Å². The summed E-state index contributed by atoms with van der Waals surface area (Å²) in [5.41, 5.74) is 2.23. The van der Waals surface area contributed by atoms with E-state index in [1.165, 1.54) is 12.1 Å². The van der Waals surface area contributed by atoms with Gasteiger partial charge in [0.05, 0.1) is 31.5 Å². The summed E-state index contributed by atoms with van der Waals surface area (Å²) in [6, 6.07) is 6.89. The molecule has 170 valence electrons. The summed E-state index contributed by atoms with van der Waals surface area (Å²) >= 11 is 1.65. The summed E-state index contributed by atoms with van der Waals surface area (Å²) in [6.07, 6.45) is 0. The van der Waals surface area contributed by atoms with Crippen molar-refractivity contribution in [1.82, 2.24) is 20.5 Å². The minimum absolute atomic E-state index is 0.0434. The van der Waals surface area contributed by atoms with E-state index in [2.05, 4.69) is 48.6 Å². The second-order valence-electron chi connectivity index (χ2n) is 8.67. The number of halogens is 1. The molecule has 1 atom stereocenters. The SMILES string of the molecule is CCNC(=NCc1nc(C(C)(C)C)cs1)NCC(c1ccc(F)cc1)N1CCOCC1. The van der Waals surface area contributed by atoms with Crippen molar-refractivity contribution in [3.8, 4) is 0 Å². The predicted molar refractivity (Wildman–Crippen MR) is 125 cm³/mol. The molecule has 0 radical (unpaired) electrons. The first-order valence-electron chi connectivity index (χ1n) is 10.9. The third-order valence-electron chi connectivity index (χ3n) is 5.24. The molecular formula is C23H34FN5OS. The van der Waals surface area contributed by atoms with Gasteiger partial charge >= 0.3 is 0 Å². The fourth-order valence-electron chi connectivity index (χ4n) is 3.44. The van der Waals surface area contributed by atoms with Crippen LogP contribution in [0.25, 0.3) is 0 Å². The van der Waals surface area contributed by atoms with Crippen molar-refractivity contribution in [3.63, 3.8) is 0 Å². The van der Waals surface area contributed by atoms with Gasteiger partial charge < -0.3 is 15.4 Å². The largest absolute Gasteiger partial charge is 0.379 e. The highest BCUT2D eigenvalue weighted by atomic mass is 32.1. The maximum absolute atomic E-state index is 13.5. The van der Waals surface area contributed by atoms with Crippen LogP contribution in [0.5, 0.6) is 0 Å². The van der Waals surface area contributed by atoms with Crippen molar-refractivity contribution in [2.45, 2.75) is 45.7 Å². The molecule has 1 fully saturated rings. The minimum Gasteiger partial charge on any atom is -0.379 e. The Bertz CT molecular complexity index is 840. The standard InChI is InChI=1S/C23H34FN5OS/c1-5-25-22(27-15-21-28-20(16-31-21)23(2,3)4)26-14-19(29-10-12-30-13-11-29)17-6-8-18(24)9-7-17/h6-9,16,19H,5,10-15H2,1-4H3,(H2,25,26,27). The number of hydrogen-bond acceptors (Lipinski definition) is 5. The first-order valence-corrected chi connectivity index (χ1v) is 11.8. The molecule has 6 nitrogen and oxygen atoms in total. The van der Waals surface area contributed by atoms with E-state index in [4.69, 9.17) is 14.7 Å². The number of nitrogens with zero attached hydrogens (tertiary/aromatic N) is 3. The Morgan fingerprint density at radius 1 is 1.23 bits per heavy atom. The third kappa shape index (κ3) is 6.98. The molecule has 0 amide bonds. The molecule has 1 aromatic heterocycles. The summed E-state index contributed by atoms with van der Waals surface area (Å²) < 4.78 is 19.0. The maximum atomic E-state index is 13.5. The van der Waals surface area contributed by atoms with E-state index < -0.39 is 0 Å². The number of morpholine rings is 1. The van der Waals surface area contributed by atoms with E-state index in [-0.39, 0.29) is 17.3 Å². The third-order valence-corrected chi connectivity index (χ3v) is 6.07. The summed E-state index contributed by atoms with van der Waals surface area (Å²) in [5.74, 6) is 0.542. The lowest BCUT2D eigenvalue weighted by Crippen LogP contribution is -2.46. The van der Waals surface area contributed by atoms with Gasteiger partial charge in [0.25, 0.3) is 0 Å². The van der Waals surface area contributed by atoms with Crippen LogP contribution in [0.4, 0.5) is 4.39 Å². The van der Waals surface area contributed by atoms with E-state index in [0.717, 1.165) is 41.9 Å². The lowest BCUT2D eigenvalue weighted by molar-refractivity contribution is 0.0170. The van der Waals surface area contributed by atoms with E-state index >= 15 is 0 Å². The van der Waals surface area contributed by atoms with E-state index in [9.17, 15) is 4.39 Å². The number of aromatic nitrogens is 1. The Morgan fingerprint density at radius 2 is 1.94 bits per heavy atom. The number of thiazole rings is 1. The van der Waals surface area contributed by atoms with Crippen molar-refractivity contribution in [1.29, 1.82) is 0 Å². The van der Waals surface area contributed by atoms with Crippen LogP contribution in [0.2, 0.25) is 0 Å². The van der Waals surface area contributed by atoms with Crippen molar-refractivity contribution in [2.24, 2.45) is 4.99 Å². The molecule has 8 heteroatoms. The topological polar surface area (TPSA) is 61.8 Å². The number of benzene rings is 1. The van der Waals surface area contributed by atoms with Crippen molar-refractivity contribution in [2.75, 3.05) is 39.4 Å². The van der Waals surface area contributed by atoms with Crippen molar-refractivity contribution >= 4 is 17.3 Å². The van der Waals surface area contributed by atoms with Gasteiger partial charge in [-0.25, -0.2) is 14.4 Å². The van der Waals surface area contributed by atoms with Gasteiger partial charge in [0.2, 0.25) is 0 Å². The molecule has 1 aliphatic heterocycles. The van der Waals surface area contributed by atoms with Gasteiger partial charge in [-0.1, -0.05) is 32.9 Å². The number of guanidine groups is 1. The quantitative estimate of drug-likeness (QED) is 0.501. The van der Waals surface area contributed by atoms with Crippen LogP contribution in [-0.4, -0.2) is 55.2 Å². The molecule has 31 heavy (non-hydrogen) atoms. The predicted octanol–water partition coefficient (Wildman–Crippen LogP) is 3.71. The van der Waals surface area contributed by atoms with E-state index in [0.29, 0.717) is 26.3 Å². The number of ether oxygens (including phenoxy) is 1. The number of hydrogen-bond donors (Lipinski definition) is 2.